The van der Waals surface area contributed by atoms with Gasteiger partial charge in [0.25, 0.3) is 0 Å². The molecule has 2 aromatic heterocycles. The van der Waals surface area contributed by atoms with E-state index in [1.165, 1.54) is 7.11 Å². The fraction of sp³-hybridized carbons (Fsp3) is 0.207. The molecular weight excluding hydrogens is 498 g/mol. The van der Waals surface area contributed by atoms with Crippen LogP contribution in [0, 0.1) is 6.92 Å². The molecule has 194 valence electrons. The first kappa shape index (κ1) is 25.4. The van der Waals surface area contributed by atoms with Crippen LogP contribution in [-0.2, 0) is 9.53 Å². The normalized spacial score (nSPS) is 16.8. The smallest absolute Gasteiger partial charge is 0.250 e. The van der Waals surface area contributed by atoms with Crippen molar-refractivity contribution in [3.63, 3.8) is 0 Å². The number of benzene rings is 2. The number of hydrogen-bond acceptors (Lipinski definition) is 5. The monoisotopic (exact) mass is 527 g/mol. The van der Waals surface area contributed by atoms with E-state index in [0.717, 1.165) is 28.5 Å². The van der Waals surface area contributed by atoms with Gasteiger partial charge in [-0.2, -0.15) is 0 Å². The molecule has 2 N–H and O–H groups in total. The number of thiocarbonyl (C=S) groups is 1. The number of carbonyl (C=O) groups is 1. The zero-order valence-corrected chi connectivity index (χ0v) is 22.2. The van der Waals surface area contributed by atoms with Crippen molar-refractivity contribution >= 4 is 34.6 Å². The summed E-state index contributed by atoms with van der Waals surface area (Å²) in [4.78, 5) is 19.1. The summed E-state index contributed by atoms with van der Waals surface area (Å²) >= 11 is 5.92. The molecule has 2 aromatic carbocycles. The molecule has 1 aliphatic rings. The minimum absolute atomic E-state index is 0.0642. The lowest BCUT2D eigenvalue weighted by atomic mass is 10.0. The van der Waals surface area contributed by atoms with E-state index in [4.69, 9.17) is 21.7 Å². The Labute approximate surface area is 227 Å². The van der Waals surface area contributed by atoms with Crippen molar-refractivity contribution in [1.82, 2.24) is 14.9 Å². The summed E-state index contributed by atoms with van der Waals surface area (Å²) in [5.41, 5.74) is 5.43. The number of nitrogens with zero attached hydrogens (tertiary/aromatic N) is 3. The molecule has 38 heavy (non-hydrogen) atoms. The van der Waals surface area contributed by atoms with Crippen molar-refractivity contribution in [3.8, 4) is 11.4 Å². The quantitative estimate of drug-likeness (QED) is 0.314. The summed E-state index contributed by atoms with van der Waals surface area (Å²) in [5, 5.41) is 6.95. The van der Waals surface area contributed by atoms with E-state index in [9.17, 15) is 4.79 Å². The van der Waals surface area contributed by atoms with Gasteiger partial charge in [0.2, 0.25) is 5.91 Å². The van der Waals surface area contributed by atoms with Crippen LogP contribution in [0.25, 0.3) is 5.69 Å². The summed E-state index contributed by atoms with van der Waals surface area (Å²) in [6.45, 7) is 2.03. The Morgan fingerprint density at radius 2 is 1.82 bits per heavy atom. The van der Waals surface area contributed by atoms with Crippen LogP contribution in [0.3, 0.4) is 0 Å². The van der Waals surface area contributed by atoms with E-state index < -0.39 is 0 Å². The van der Waals surface area contributed by atoms with Gasteiger partial charge in [-0.15, -0.1) is 0 Å². The zero-order valence-electron chi connectivity index (χ0n) is 21.4. The third-order valence-corrected chi connectivity index (χ3v) is 6.85. The van der Waals surface area contributed by atoms with Gasteiger partial charge in [0.05, 0.1) is 24.5 Å². The van der Waals surface area contributed by atoms with Crippen molar-refractivity contribution in [2.24, 2.45) is 0 Å². The maximum absolute atomic E-state index is 12.3. The standard InChI is InChI=1S/C29H29N5O3S/c1-19-12-14-24(33(19)20-9-5-4-6-10-20)28-27(22-11-7-8-16-30-22)32-29(38)34(28)21-13-15-25(37-3)23(17-21)31-26(35)18-36-2/h4-17,27-28H,18H2,1-3H3,(H,31,35)(H,32,38)/t27-,28+/m0/s1. The first-order valence-corrected chi connectivity index (χ1v) is 12.6. The molecule has 4 aromatic rings. The lowest BCUT2D eigenvalue weighted by Crippen LogP contribution is -2.30. The van der Waals surface area contributed by atoms with Gasteiger partial charge < -0.3 is 29.6 Å². The molecule has 3 heterocycles. The van der Waals surface area contributed by atoms with Gasteiger partial charge >= 0.3 is 0 Å². The Morgan fingerprint density at radius 1 is 1.03 bits per heavy atom. The largest absolute Gasteiger partial charge is 0.495 e. The Hall–Kier alpha value is -4.21. The number of aryl methyl sites for hydroxylation is 1. The highest BCUT2D eigenvalue weighted by molar-refractivity contribution is 7.80. The summed E-state index contributed by atoms with van der Waals surface area (Å²) in [7, 11) is 3.05. The van der Waals surface area contributed by atoms with E-state index in [-0.39, 0.29) is 24.6 Å². The zero-order chi connectivity index (χ0) is 26.6. The van der Waals surface area contributed by atoms with Gasteiger partial charge in [-0.25, -0.2) is 0 Å². The maximum Gasteiger partial charge on any atom is 0.250 e. The minimum atomic E-state index is -0.276. The molecule has 1 amide bonds. The topological polar surface area (TPSA) is 80.7 Å². The molecule has 2 atom stereocenters. The molecule has 0 saturated carbocycles. The molecule has 5 rings (SSSR count). The van der Waals surface area contributed by atoms with Gasteiger partial charge in [0, 0.05) is 36.1 Å². The highest BCUT2D eigenvalue weighted by Crippen LogP contribution is 2.44. The second kappa shape index (κ2) is 11.0. The molecule has 8 nitrogen and oxygen atoms in total. The van der Waals surface area contributed by atoms with Crippen molar-refractivity contribution in [2.45, 2.75) is 19.0 Å². The van der Waals surface area contributed by atoms with Crippen LogP contribution in [0.1, 0.15) is 29.2 Å². The SMILES string of the molecule is COCC(=O)Nc1cc(N2C(=S)N[C@@H](c3ccccn3)[C@H]2c2ccc(C)n2-c2ccccc2)ccc1OC. The molecule has 0 spiro atoms. The third-order valence-electron chi connectivity index (χ3n) is 6.53. The molecule has 1 aliphatic heterocycles. The molecule has 0 radical (unpaired) electrons. The number of nitrogens with one attached hydrogen (secondary N) is 2. The number of rotatable bonds is 8. The highest BCUT2D eigenvalue weighted by atomic mass is 32.1. The molecule has 0 unspecified atom stereocenters. The average molecular weight is 528 g/mol. The van der Waals surface area contributed by atoms with Gasteiger partial charge in [-0.1, -0.05) is 24.3 Å². The summed E-state index contributed by atoms with van der Waals surface area (Å²) in [6.07, 6.45) is 1.79. The van der Waals surface area contributed by atoms with Crippen LogP contribution < -0.4 is 20.3 Å². The number of amides is 1. The maximum atomic E-state index is 12.3. The third kappa shape index (κ3) is 4.85. The van der Waals surface area contributed by atoms with Crippen molar-refractivity contribution in [3.05, 3.63) is 102 Å². The molecule has 0 bridgehead atoms. The number of para-hydroxylation sites is 1. The van der Waals surface area contributed by atoms with E-state index in [1.807, 2.05) is 54.6 Å². The van der Waals surface area contributed by atoms with Gasteiger partial charge in [-0.05, 0) is 73.7 Å². The van der Waals surface area contributed by atoms with Crippen LogP contribution in [0.15, 0.2) is 85.1 Å². The number of carbonyl (C=O) groups excluding carboxylic acids is 1. The Balaban J connectivity index is 1.65. The number of ether oxygens (including phenoxy) is 2. The number of anilines is 2. The summed E-state index contributed by atoms with van der Waals surface area (Å²) in [6, 6.07) is 25.6. The van der Waals surface area contributed by atoms with Crippen LogP contribution >= 0.6 is 12.2 Å². The fourth-order valence-corrected chi connectivity index (χ4v) is 5.26. The molecule has 0 aliphatic carbocycles. The molecule has 9 heteroatoms. The first-order chi connectivity index (χ1) is 18.5. The summed E-state index contributed by atoms with van der Waals surface area (Å²) in [5.74, 6) is 0.263. The number of methoxy groups -OCH3 is 2. The van der Waals surface area contributed by atoms with Crippen molar-refractivity contribution < 1.29 is 14.3 Å². The lowest BCUT2D eigenvalue weighted by Gasteiger charge is -2.30. The molecule has 1 saturated heterocycles. The minimum Gasteiger partial charge on any atom is -0.495 e. The van der Waals surface area contributed by atoms with Crippen LogP contribution in [0.2, 0.25) is 0 Å². The van der Waals surface area contributed by atoms with Crippen LogP contribution in [0.5, 0.6) is 5.75 Å². The van der Waals surface area contributed by atoms with Gasteiger partial charge in [0.15, 0.2) is 5.11 Å². The Bertz CT molecular complexity index is 1440. The second-order valence-electron chi connectivity index (χ2n) is 8.93. The highest BCUT2D eigenvalue weighted by Gasteiger charge is 2.42. The van der Waals surface area contributed by atoms with E-state index in [0.29, 0.717) is 16.5 Å². The van der Waals surface area contributed by atoms with Crippen molar-refractivity contribution in [1.29, 1.82) is 0 Å². The van der Waals surface area contributed by atoms with Crippen molar-refractivity contribution in [2.75, 3.05) is 31.0 Å². The second-order valence-corrected chi connectivity index (χ2v) is 9.32. The van der Waals surface area contributed by atoms with Crippen LogP contribution in [-0.4, -0.2) is 41.4 Å². The predicted molar refractivity (Wildman–Crippen MR) is 152 cm³/mol. The Morgan fingerprint density at radius 3 is 2.53 bits per heavy atom. The van der Waals surface area contributed by atoms with Crippen LogP contribution in [0.4, 0.5) is 11.4 Å². The Kier molecular flexibility index (Phi) is 7.39. The van der Waals surface area contributed by atoms with Gasteiger partial charge in [-0.3, -0.25) is 9.78 Å². The number of pyridine rings is 1. The summed E-state index contributed by atoms with van der Waals surface area (Å²) < 4.78 is 12.7. The number of aromatic nitrogens is 2. The molecule has 1 fully saturated rings. The fourth-order valence-electron chi connectivity index (χ4n) is 4.91. The molecular formula is C29H29N5O3S. The first-order valence-electron chi connectivity index (χ1n) is 12.2. The lowest BCUT2D eigenvalue weighted by molar-refractivity contribution is -0.119. The van der Waals surface area contributed by atoms with E-state index in [1.54, 1.807) is 13.3 Å². The average Bonchev–Trinajstić information content (AvgIpc) is 3.48. The predicted octanol–water partition coefficient (Wildman–Crippen LogP) is 4.95. The van der Waals surface area contributed by atoms with E-state index >= 15 is 0 Å². The van der Waals surface area contributed by atoms with Gasteiger partial charge in [0.1, 0.15) is 18.4 Å². The van der Waals surface area contributed by atoms with E-state index in [2.05, 4.69) is 56.3 Å². The number of hydrogen-bond donors (Lipinski definition) is 2.